The molecule has 0 nitrogen and oxygen atoms in total. The van der Waals surface area contributed by atoms with Gasteiger partial charge in [0.2, 0.25) is 0 Å². The molecule has 7 saturated carbocycles. The molecule has 1 unspecified atom stereocenters. The molecular weight excluding hydrogens is 288 g/mol. The molecule has 0 N–H and O–H groups in total. The van der Waals surface area contributed by atoms with E-state index in [4.69, 9.17) is 0 Å². The molecule has 6 bridgehead atoms. The molecule has 10 rings (SSSR count). The monoisotopic (exact) mass is 322 g/mol. The van der Waals surface area contributed by atoms with Crippen LogP contribution in [0.25, 0.3) is 0 Å². The first kappa shape index (κ1) is 13.9. The van der Waals surface area contributed by atoms with E-state index in [2.05, 4.69) is 11.1 Å². The standard InChI is InChI=1S/C24H34/c1-11-19-12-2-14(1)13-24(19)22-17-7-3-15(4-8-17)20(22)21-16-5-9-18(10-6-16)23(21)24/h14-20,22H,1-13H2/t14?,15?,16?,17?,18?,19?,20-,22-,24?/m0/s1. The van der Waals surface area contributed by atoms with E-state index >= 15 is 0 Å². The van der Waals surface area contributed by atoms with Gasteiger partial charge in [0.15, 0.2) is 0 Å². The molecule has 7 fully saturated rings. The summed E-state index contributed by atoms with van der Waals surface area (Å²) in [6.45, 7) is 0. The zero-order valence-electron chi connectivity index (χ0n) is 15.3. The van der Waals surface area contributed by atoms with Gasteiger partial charge in [0.25, 0.3) is 0 Å². The SMILES string of the molecule is C1CC2CCC1CC21C2=C(C3CCC2CC3)[C@@H]2C3CCC(CC3)[C@@H]21. The van der Waals surface area contributed by atoms with Crippen LogP contribution >= 0.6 is 0 Å². The summed E-state index contributed by atoms with van der Waals surface area (Å²) in [5.74, 6) is 8.81. The van der Waals surface area contributed by atoms with E-state index in [0.717, 1.165) is 52.8 Å². The van der Waals surface area contributed by atoms with E-state index in [1.54, 1.807) is 83.5 Å². The van der Waals surface area contributed by atoms with Gasteiger partial charge in [0.1, 0.15) is 0 Å². The second kappa shape index (κ2) is 4.52. The molecule has 10 aliphatic rings. The Morgan fingerprint density at radius 3 is 1.96 bits per heavy atom. The zero-order valence-corrected chi connectivity index (χ0v) is 15.3. The van der Waals surface area contributed by atoms with Crippen LogP contribution < -0.4 is 0 Å². The lowest BCUT2D eigenvalue weighted by Crippen LogP contribution is -2.53. The van der Waals surface area contributed by atoms with Crippen molar-refractivity contribution in [1.82, 2.24) is 0 Å². The highest BCUT2D eigenvalue weighted by Gasteiger charge is 2.67. The lowest BCUT2D eigenvalue weighted by molar-refractivity contribution is -0.0899. The minimum absolute atomic E-state index is 0.759. The molecule has 0 saturated heterocycles. The molecule has 0 amide bonds. The normalized spacial score (nSPS) is 60.0. The molecule has 0 heterocycles. The Morgan fingerprint density at radius 1 is 0.625 bits per heavy atom. The predicted molar refractivity (Wildman–Crippen MR) is 97.4 cm³/mol. The van der Waals surface area contributed by atoms with Gasteiger partial charge in [-0.25, -0.2) is 0 Å². The average Bonchev–Trinajstić information content (AvgIpc) is 3.00. The Labute approximate surface area is 147 Å². The van der Waals surface area contributed by atoms with Crippen LogP contribution in [-0.4, -0.2) is 0 Å². The third-order valence-corrected chi connectivity index (χ3v) is 10.8. The molecule has 1 spiro atoms. The summed E-state index contributed by atoms with van der Waals surface area (Å²) in [4.78, 5) is 0. The van der Waals surface area contributed by atoms with Gasteiger partial charge in [-0.2, -0.15) is 0 Å². The van der Waals surface area contributed by atoms with Gasteiger partial charge in [-0.05, 0) is 123 Å². The Morgan fingerprint density at radius 2 is 1.29 bits per heavy atom. The number of hydrogen-bond acceptors (Lipinski definition) is 0. The van der Waals surface area contributed by atoms with Crippen LogP contribution in [0.1, 0.15) is 83.5 Å². The van der Waals surface area contributed by atoms with Gasteiger partial charge in [-0.15, -0.1) is 0 Å². The number of rotatable bonds is 0. The highest BCUT2D eigenvalue weighted by molar-refractivity contribution is 5.44. The second-order valence-electron chi connectivity index (χ2n) is 11.1. The largest absolute Gasteiger partial charge is 0.0633 e. The molecule has 3 atom stereocenters. The van der Waals surface area contributed by atoms with Crippen molar-refractivity contribution in [2.45, 2.75) is 83.5 Å². The molecule has 0 radical (unpaired) electrons. The Balaban J connectivity index is 1.47. The molecule has 10 aliphatic carbocycles. The van der Waals surface area contributed by atoms with Gasteiger partial charge < -0.3 is 0 Å². The molecule has 130 valence electrons. The summed E-state index contributed by atoms with van der Waals surface area (Å²) in [7, 11) is 0. The second-order valence-corrected chi connectivity index (χ2v) is 11.1. The Bertz CT molecular complexity index is 590. The van der Waals surface area contributed by atoms with Crippen molar-refractivity contribution in [3.63, 3.8) is 0 Å². The van der Waals surface area contributed by atoms with Crippen molar-refractivity contribution in [2.75, 3.05) is 0 Å². The van der Waals surface area contributed by atoms with E-state index in [9.17, 15) is 0 Å². The Hall–Kier alpha value is -0.260. The van der Waals surface area contributed by atoms with Gasteiger partial charge >= 0.3 is 0 Å². The van der Waals surface area contributed by atoms with E-state index in [1.165, 1.54) is 0 Å². The van der Waals surface area contributed by atoms with Crippen LogP contribution in [0.2, 0.25) is 0 Å². The van der Waals surface area contributed by atoms with Crippen LogP contribution in [0.4, 0.5) is 0 Å². The van der Waals surface area contributed by atoms with Crippen LogP contribution in [-0.2, 0) is 0 Å². The van der Waals surface area contributed by atoms with Gasteiger partial charge in [0.05, 0.1) is 0 Å². The van der Waals surface area contributed by atoms with Gasteiger partial charge in [0, 0.05) is 0 Å². The van der Waals surface area contributed by atoms with Crippen molar-refractivity contribution in [2.24, 2.45) is 52.8 Å². The molecular formula is C24H34. The summed E-state index contributed by atoms with van der Waals surface area (Å²) in [5.41, 5.74) is 5.13. The van der Waals surface area contributed by atoms with Gasteiger partial charge in [-0.1, -0.05) is 24.0 Å². The lowest BCUT2D eigenvalue weighted by Gasteiger charge is -2.61. The average molecular weight is 323 g/mol. The summed E-state index contributed by atoms with van der Waals surface area (Å²) < 4.78 is 0. The number of hydrogen-bond donors (Lipinski definition) is 0. The lowest BCUT2D eigenvalue weighted by atomic mass is 9.43. The van der Waals surface area contributed by atoms with Crippen molar-refractivity contribution in [1.29, 1.82) is 0 Å². The molecule has 0 aromatic rings. The maximum atomic E-state index is 2.20. The van der Waals surface area contributed by atoms with Crippen molar-refractivity contribution >= 4 is 0 Å². The smallest absolute Gasteiger partial charge is 0.00149 e. The number of fused-ring (bicyclic) bond motifs is 6. The quantitative estimate of drug-likeness (QED) is 0.455. The molecule has 0 aromatic heterocycles. The Kier molecular flexibility index (Phi) is 2.62. The molecule has 0 heteroatoms. The fourth-order valence-corrected chi connectivity index (χ4v) is 10.3. The summed E-state index contributed by atoms with van der Waals surface area (Å²) in [6.07, 6.45) is 20.8. The van der Waals surface area contributed by atoms with Crippen LogP contribution in [0, 0.1) is 52.8 Å². The first-order valence-electron chi connectivity index (χ1n) is 11.6. The topological polar surface area (TPSA) is 0 Å². The van der Waals surface area contributed by atoms with E-state index in [0.29, 0.717) is 0 Å². The minimum atomic E-state index is 0.759. The first-order valence-corrected chi connectivity index (χ1v) is 11.6. The van der Waals surface area contributed by atoms with Crippen LogP contribution in [0.5, 0.6) is 0 Å². The van der Waals surface area contributed by atoms with E-state index in [1.807, 2.05) is 0 Å². The highest BCUT2D eigenvalue weighted by atomic mass is 14.7. The highest BCUT2D eigenvalue weighted by Crippen LogP contribution is 2.76. The predicted octanol–water partition coefficient (Wildman–Crippen LogP) is 6.37. The minimum Gasteiger partial charge on any atom is -0.0633 e. The first-order chi connectivity index (χ1) is 11.9. The fourth-order valence-electron chi connectivity index (χ4n) is 10.3. The maximum Gasteiger partial charge on any atom is -0.00149 e. The summed E-state index contributed by atoms with van der Waals surface area (Å²) in [5, 5.41) is 0. The molecule has 0 aromatic carbocycles. The van der Waals surface area contributed by atoms with Crippen LogP contribution in [0.3, 0.4) is 0 Å². The number of allylic oxidation sites excluding steroid dienone is 2. The van der Waals surface area contributed by atoms with Crippen molar-refractivity contribution < 1.29 is 0 Å². The van der Waals surface area contributed by atoms with Crippen molar-refractivity contribution in [3.05, 3.63) is 11.1 Å². The summed E-state index contributed by atoms with van der Waals surface area (Å²) in [6, 6.07) is 0. The van der Waals surface area contributed by atoms with E-state index < -0.39 is 0 Å². The third-order valence-electron chi connectivity index (χ3n) is 10.8. The molecule has 24 heavy (non-hydrogen) atoms. The third kappa shape index (κ3) is 1.43. The summed E-state index contributed by atoms with van der Waals surface area (Å²) >= 11 is 0. The zero-order chi connectivity index (χ0) is 15.5. The fraction of sp³-hybridized carbons (Fsp3) is 0.917. The maximum absolute atomic E-state index is 2.20. The van der Waals surface area contributed by atoms with Crippen LogP contribution in [0.15, 0.2) is 11.1 Å². The molecule has 0 aliphatic heterocycles. The van der Waals surface area contributed by atoms with E-state index in [-0.39, 0.29) is 0 Å². The van der Waals surface area contributed by atoms with Gasteiger partial charge in [-0.3, -0.25) is 0 Å². The van der Waals surface area contributed by atoms with Crippen molar-refractivity contribution in [3.8, 4) is 0 Å².